The molecule has 2 rings (SSSR count). The van der Waals surface area contributed by atoms with Gasteiger partial charge >= 0.3 is 0 Å². The van der Waals surface area contributed by atoms with E-state index in [1.807, 2.05) is 36.9 Å². The monoisotopic (exact) mass is 495 g/mol. The number of methoxy groups -OCH3 is 1. The number of nitrogens with one attached hydrogen (secondary N) is 2. The van der Waals surface area contributed by atoms with Crippen LogP contribution in [0.3, 0.4) is 0 Å². The number of ether oxygens (including phenoxy) is 3. The van der Waals surface area contributed by atoms with Crippen LogP contribution in [0.25, 0.3) is 0 Å². The van der Waals surface area contributed by atoms with Gasteiger partial charge in [0.2, 0.25) is 0 Å². The highest BCUT2D eigenvalue weighted by molar-refractivity contribution is 14.0. The molecular weight excluding hydrogens is 465 g/mol. The molecule has 1 fully saturated rings. The largest absolute Gasteiger partial charge is 0.493 e. The van der Waals surface area contributed by atoms with Gasteiger partial charge in [0, 0.05) is 43.3 Å². The molecule has 148 valence electrons. The van der Waals surface area contributed by atoms with Crippen LogP contribution in [0, 0.1) is 0 Å². The van der Waals surface area contributed by atoms with Crippen molar-refractivity contribution in [2.45, 2.75) is 24.5 Å². The van der Waals surface area contributed by atoms with Gasteiger partial charge in [-0.3, -0.25) is 4.99 Å². The lowest BCUT2D eigenvalue weighted by atomic mass is 9.99. The summed E-state index contributed by atoms with van der Waals surface area (Å²) in [6.45, 7) is 5.04. The average molecular weight is 495 g/mol. The second kappa shape index (κ2) is 11.8. The van der Waals surface area contributed by atoms with E-state index in [4.69, 9.17) is 14.2 Å². The topological polar surface area (TPSA) is 64.1 Å². The molecule has 0 unspecified atom stereocenters. The van der Waals surface area contributed by atoms with Crippen molar-refractivity contribution in [3.63, 3.8) is 0 Å². The number of halogens is 1. The van der Waals surface area contributed by atoms with Crippen molar-refractivity contribution >= 4 is 47.4 Å². The summed E-state index contributed by atoms with van der Waals surface area (Å²) in [5.41, 5.74) is 0.905. The third-order valence-electron chi connectivity index (χ3n) is 4.36. The Kier molecular flexibility index (Phi) is 10.5. The van der Waals surface area contributed by atoms with E-state index in [0.717, 1.165) is 55.7 Å². The minimum atomic E-state index is 0. The van der Waals surface area contributed by atoms with Crippen LogP contribution in [0.15, 0.2) is 23.2 Å². The van der Waals surface area contributed by atoms with Crippen LogP contribution in [0.2, 0.25) is 0 Å². The molecule has 1 saturated heterocycles. The number of hydrogen-bond acceptors (Lipinski definition) is 5. The Hall–Kier alpha value is -0.870. The van der Waals surface area contributed by atoms with E-state index in [1.54, 1.807) is 14.2 Å². The summed E-state index contributed by atoms with van der Waals surface area (Å²) in [7, 11) is 3.42. The fourth-order valence-corrected chi connectivity index (χ4v) is 3.57. The van der Waals surface area contributed by atoms with Gasteiger partial charge in [-0.05, 0) is 38.2 Å². The van der Waals surface area contributed by atoms with Crippen LogP contribution in [0.4, 0.5) is 5.69 Å². The Morgan fingerprint density at radius 2 is 2.04 bits per heavy atom. The number of thioether (sulfide) groups is 1. The molecule has 0 saturated carbocycles. The number of nitrogens with zero attached hydrogens (tertiary/aromatic N) is 1. The highest BCUT2D eigenvalue weighted by Gasteiger charge is 2.31. The van der Waals surface area contributed by atoms with Crippen molar-refractivity contribution in [3.05, 3.63) is 18.2 Å². The van der Waals surface area contributed by atoms with Crippen LogP contribution in [0.5, 0.6) is 11.5 Å². The molecule has 0 bridgehead atoms. The van der Waals surface area contributed by atoms with Gasteiger partial charge in [0.15, 0.2) is 17.5 Å². The standard InChI is InChI=1S/C18H29N3O3S.HI/c1-5-24-16-12-14(6-7-15(16)22-3)21-17(19-2)20-13-18(25-4)8-10-23-11-9-18;/h6-7,12H,5,8-11,13H2,1-4H3,(H2,19,20,21);1H. The SMILES string of the molecule is CCOc1cc(NC(=NC)NCC2(SC)CCOCC2)ccc1OC.I. The summed E-state index contributed by atoms with van der Waals surface area (Å²) in [5, 5.41) is 6.77. The van der Waals surface area contributed by atoms with Crippen LogP contribution in [0.1, 0.15) is 19.8 Å². The van der Waals surface area contributed by atoms with Gasteiger partial charge in [-0.25, -0.2) is 0 Å². The summed E-state index contributed by atoms with van der Waals surface area (Å²) in [6.07, 6.45) is 4.27. The van der Waals surface area contributed by atoms with Crippen LogP contribution in [-0.2, 0) is 4.74 Å². The highest BCUT2D eigenvalue weighted by Crippen LogP contribution is 2.33. The number of aliphatic imine (C=N–C) groups is 1. The molecule has 1 heterocycles. The maximum Gasteiger partial charge on any atom is 0.195 e. The average Bonchev–Trinajstić information content (AvgIpc) is 2.66. The van der Waals surface area contributed by atoms with E-state index in [2.05, 4.69) is 21.9 Å². The number of anilines is 1. The smallest absolute Gasteiger partial charge is 0.195 e. The molecule has 26 heavy (non-hydrogen) atoms. The molecule has 1 aromatic carbocycles. The Morgan fingerprint density at radius 3 is 2.62 bits per heavy atom. The highest BCUT2D eigenvalue weighted by atomic mass is 127. The van der Waals surface area contributed by atoms with Gasteiger partial charge in [-0.15, -0.1) is 24.0 Å². The van der Waals surface area contributed by atoms with Gasteiger partial charge in [-0.2, -0.15) is 11.8 Å². The zero-order valence-corrected chi connectivity index (χ0v) is 19.1. The maximum atomic E-state index is 5.63. The maximum absolute atomic E-state index is 5.63. The minimum Gasteiger partial charge on any atom is -0.493 e. The molecule has 0 aliphatic carbocycles. The zero-order chi connectivity index (χ0) is 18.1. The molecule has 0 spiro atoms. The Bertz CT molecular complexity index is 581. The van der Waals surface area contributed by atoms with Crippen molar-refractivity contribution in [2.24, 2.45) is 4.99 Å². The lowest BCUT2D eigenvalue weighted by Gasteiger charge is -2.36. The minimum absolute atomic E-state index is 0. The van der Waals surface area contributed by atoms with E-state index in [-0.39, 0.29) is 28.7 Å². The van der Waals surface area contributed by atoms with Crippen molar-refractivity contribution < 1.29 is 14.2 Å². The van der Waals surface area contributed by atoms with E-state index in [9.17, 15) is 0 Å². The first-order chi connectivity index (χ1) is 12.2. The van der Waals surface area contributed by atoms with E-state index in [0.29, 0.717) is 6.61 Å². The molecule has 1 aliphatic heterocycles. The second-order valence-corrected chi connectivity index (χ2v) is 7.12. The fourth-order valence-electron chi connectivity index (χ4n) is 2.78. The van der Waals surface area contributed by atoms with E-state index in [1.165, 1.54) is 0 Å². The second-order valence-electron chi connectivity index (χ2n) is 5.85. The molecular formula is C18H30IN3O3S. The van der Waals surface area contributed by atoms with Gasteiger partial charge in [0.1, 0.15) is 0 Å². The van der Waals surface area contributed by atoms with Crippen molar-refractivity contribution in [3.8, 4) is 11.5 Å². The zero-order valence-electron chi connectivity index (χ0n) is 16.0. The number of guanidine groups is 1. The molecule has 0 radical (unpaired) electrons. The summed E-state index contributed by atoms with van der Waals surface area (Å²) in [4.78, 5) is 4.33. The van der Waals surface area contributed by atoms with Gasteiger partial charge in [-0.1, -0.05) is 0 Å². The number of benzene rings is 1. The van der Waals surface area contributed by atoms with Crippen LogP contribution < -0.4 is 20.1 Å². The van der Waals surface area contributed by atoms with Gasteiger partial charge in [0.25, 0.3) is 0 Å². The molecule has 0 aromatic heterocycles. The quantitative estimate of drug-likeness (QED) is 0.343. The van der Waals surface area contributed by atoms with Crippen molar-refractivity contribution in [1.29, 1.82) is 0 Å². The molecule has 0 atom stereocenters. The summed E-state index contributed by atoms with van der Waals surface area (Å²) in [5.74, 6) is 2.18. The van der Waals surface area contributed by atoms with E-state index >= 15 is 0 Å². The first kappa shape index (κ1) is 23.2. The number of hydrogen-bond donors (Lipinski definition) is 2. The summed E-state index contributed by atoms with van der Waals surface area (Å²) < 4.78 is 16.7. The van der Waals surface area contributed by atoms with Gasteiger partial charge in [0.05, 0.1) is 13.7 Å². The van der Waals surface area contributed by atoms with Gasteiger partial charge < -0.3 is 24.8 Å². The predicted molar refractivity (Wildman–Crippen MR) is 121 cm³/mol. The lowest BCUT2D eigenvalue weighted by Crippen LogP contribution is -2.45. The summed E-state index contributed by atoms with van der Waals surface area (Å²) >= 11 is 1.90. The van der Waals surface area contributed by atoms with E-state index < -0.39 is 0 Å². The van der Waals surface area contributed by atoms with Crippen LogP contribution in [-0.4, -0.2) is 57.5 Å². The lowest BCUT2D eigenvalue weighted by molar-refractivity contribution is 0.0783. The molecule has 1 aliphatic rings. The third kappa shape index (κ3) is 6.38. The van der Waals surface area contributed by atoms with Crippen molar-refractivity contribution in [2.75, 3.05) is 52.1 Å². The molecule has 0 amide bonds. The Balaban J connectivity index is 0.00000338. The molecule has 2 N–H and O–H groups in total. The summed E-state index contributed by atoms with van der Waals surface area (Å²) in [6, 6.07) is 5.77. The Labute approximate surface area is 177 Å². The Morgan fingerprint density at radius 1 is 1.31 bits per heavy atom. The predicted octanol–water partition coefficient (Wildman–Crippen LogP) is 3.61. The fraction of sp³-hybridized carbons (Fsp3) is 0.611. The molecule has 6 nitrogen and oxygen atoms in total. The van der Waals surface area contributed by atoms with Crippen LogP contribution >= 0.6 is 35.7 Å². The molecule has 8 heteroatoms. The first-order valence-electron chi connectivity index (χ1n) is 8.58. The number of rotatable bonds is 7. The normalized spacial score (nSPS) is 16.4. The van der Waals surface area contributed by atoms with Crippen molar-refractivity contribution in [1.82, 2.24) is 5.32 Å². The third-order valence-corrected chi connectivity index (χ3v) is 5.78. The molecule has 1 aromatic rings. The first-order valence-corrected chi connectivity index (χ1v) is 9.80.